The number of pyridine rings is 1. The molecular weight excluding hydrogens is 306 g/mol. The fraction of sp³-hybridized carbons (Fsp3) is 0.214. The van der Waals surface area contributed by atoms with Crippen molar-refractivity contribution in [3.8, 4) is 5.75 Å². The number of ether oxygens (including phenoxy) is 1. The van der Waals surface area contributed by atoms with Crippen LogP contribution < -0.4 is 16.0 Å². The molecule has 100 valence electrons. The van der Waals surface area contributed by atoms with Gasteiger partial charge in [-0.1, -0.05) is 28.1 Å². The number of hydrogen-bond donors (Lipinski definition) is 2. The van der Waals surface area contributed by atoms with Crippen molar-refractivity contribution in [1.82, 2.24) is 10.4 Å². The van der Waals surface area contributed by atoms with Crippen molar-refractivity contribution in [2.24, 2.45) is 5.84 Å². The summed E-state index contributed by atoms with van der Waals surface area (Å²) in [4.78, 5) is 4.15. The van der Waals surface area contributed by atoms with Crippen LogP contribution in [0.15, 0.2) is 47.2 Å². The van der Waals surface area contributed by atoms with Gasteiger partial charge in [-0.3, -0.25) is 16.3 Å². The number of hydrogen-bond acceptors (Lipinski definition) is 4. The molecular formula is C14H16BrN3O. The molecule has 0 saturated heterocycles. The van der Waals surface area contributed by atoms with Crippen molar-refractivity contribution in [2.75, 3.05) is 7.11 Å². The number of rotatable bonds is 5. The molecule has 2 rings (SSSR count). The molecule has 1 heterocycles. The number of nitrogens with two attached hydrogens (primary N) is 1. The second kappa shape index (κ2) is 6.65. The third kappa shape index (κ3) is 3.76. The standard InChI is InChI=1S/C14H16BrN3O/c1-19-13-7-11(8-17-9-13)14(18-16)6-10-3-2-4-12(15)5-10/h2-5,7-9,14,18H,6,16H2,1H3. The molecule has 1 aromatic carbocycles. The third-order valence-electron chi connectivity index (χ3n) is 2.90. The predicted octanol–water partition coefficient (Wildman–Crippen LogP) is 2.60. The normalized spacial score (nSPS) is 12.2. The van der Waals surface area contributed by atoms with E-state index in [1.165, 1.54) is 5.56 Å². The molecule has 4 nitrogen and oxygen atoms in total. The van der Waals surface area contributed by atoms with Gasteiger partial charge in [-0.2, -0.15) is 0 Å². The molecule has 0 bridgehead atoms. The molecule has 0 aliphatic rings. The molecule has 3 N–H and O–H groups in total. The zero-order valence-electron chi connectivity index (χ0n) is 10.6. The van der Waals surface area contributed by atoms with E-state index in [0.717, 1.165) is 22.2 Å². The molecule has 0 spiro atoms. The van der Waals surface area contributed by atoms with E-state index in [1.54, 1.807) is 19.5 Å². The number of hydrazine groups is 1. The zero-order valence-corrected chi connectivity index (χ0v) is 12.2. The largest absolute Gasteiger partial charge is 0.495 e. The molecule has 1 atom stereocenters. The number of benzene rings is 1. The van der Waals surface area contributed by atoms with Crippen LogP contribution in [-0.2, 0) is 6.42 Å². The molecule has 0 saturated carbocycles. The van der Waals surface area contributed by atoms with Gasteiger partial charge in [0, 0.05) is 10.7 Å². The van der Waals surface area contributed by atoms with Gasteiger partial charge in [-0.25, -0.2) is 0 Å². The molecule has 0 amide bonds. The average Bonchev–Trinajstić information content (AvgIpc) is 2.45. The van der Waals surface area contributed by atoms with E-state index >= 15 is 0 Å². The molecule has 1 aromatic heterocycles. The number of nitrogens with one attached hydrogen (secondary N) is 1. The first kappa shape index (κ1) is 14.0. The van der Waals surface area contributed by atoms with E-state index in [2.05, 4.69) is 38.5 Å². The first-order chi connectivity index (χ1) is 9.22. The number of nitrogens with zero attached hydrogens (tertiary/aromatic N) is 1. The highest BCUT2D eigenvalue weighted by atomic mass is 79.9. The summed E-state index contributed by atoms with van der Waals surface area (Å²) < 4.78 is 6.24. The van der Waals surface area contributed by atoms with Gasteiger partial charge in [0.25, 0.3) is 0 Å². The SMILES string of the molecule is COc1cncc(C(Cc2cccc(Br)c2)NN)c1. The van der Waals surface area contributed by atoms with Crippen molar-refractivity contribution in [3.63, 3.8) is 0 Å². The molecule has 0 aliphatic heterocycles. The first-order valence-corrected chi connectivity index (χ1v) is 6.71. The Morgan fingerprint density at radius 1 is 1.37 bits per heavy atom. The van der Waals surface area contributed by atoms with E-state index in [-0.39, 0.29) is 6.04 Å². The summed E-state index contributed by atoms with van der Waals surface area (Å²) in [6.45, 7) is 0. The van der Waals surface area contributed by atoms with Gasteiger partial charge >= 0.3 is 0 Å². The summed E-state index contributed by atoms with van der Waals surface area (Å²) in [6.07, 6.45) is 4.26. The molecule has 0 aliphatic carbocycles. The monoisotopic (exact) mass is 321 g/mol. The maximum absolute atomic E-state index is 5.65. The summed E-state index contributed by atoms with van der Waals surface area (Å²) >= 11 is 3.47. The lowest BCUT2D eigenvalue weighted by atomic mass is 10.0. The van der Waals surface area contributed by atoms with E-state index < -0.39 is 0 Å². The molecule has 2 aromatic rings. The van der Waals surface area contributed by atoms with Crippen LogP contribution >= 0.6 is 15.9 Å². The fourth-order valence-corrected chi connectivity index (χ4v) is 2.36. The highest BCUT2D eigenvalue weighted by Gasteiger charge is 2.12. The Kier molecular flexibility index (Phi) is 4.90. The smallest absolute Gasteiger partial charge is 0.137 e. The van der Waals surface area contributed by atoms with Crippen LogP contribution in [0.5, 0.6) is 5.75 Å². The first-order valence-electron chi connectivity index (χ1n) is 5.92. The van der Waals surface area contributed by atoms with Crippen LogP contribution in [0.2, 0.25) is 0 Å². The van der Waals surface area contributed by atoms with E-state index in [4.69, 9.17) is 10.6 Å². The van der Waals surface area contributed by atoms with Gasteiger partial charge in [-0.05, 0) is 35.7 Å². The second-order valence-electron chi connectivity index (χ2n) is 4.21. The van der Waals surface area contributed by atoms with Crippen molar-refractivity contribution in [2.45, 2.75) is 12.5 Å². The van der Waals surface area contributed by atoms with Gasteiger partial charge in [0.2, 0.25) is 0 Å². The number of aromatic nitrogens is 1. The predicted molar refractivity (Wildman–Crippen MR) is 78.7 cm³/mol. The minimum Gasteiger partial charge on any atom is -0.495 e. The lowest BCUT2D eigenvalue weighted by molar-refractivity contribution is 0.410. The van der Waals surface area contributed by atoms with Gasteiger partial charge in [0.05, 0.1) is 19.3 Å². The Morgan fingerprint density at radius 2 is 2.21 bits per heavy atom. The highest BCUT2D eigenvalue weighted by molar-refractivity contribution is 9.10. The Hall–Kier alpha value is -1.43. The second-order valence-corrected chi connectivity index (χ2v) is 5.13. The topological polar surface area (TPSA) is 60.2 Å². The van der Waals surface area contributed by atoms with Crippen LogP contribution in [0.3, 0.4) is 0 Å². The van der Waals surface area contributed by atoms with Crippen molar-refractivity contribution in [3.05, 3.63) is 58.3 Å². The van der Waals surface area contributed by atoms with Crippen LogP contribution in [0, 0.1) is 0 Å². The average molecular weight is 322 g/mol. The Balaban J connectivity index is 2.19. The summed E-state index contributed by atoms with van der Waals surface area (Å²) in [7, 11) is 1.62. The third-order valence-corrected chi connectivity index (χ3v) is 3.40. The fourth-order valence-electron chi connectivity index (χ4n) is 1.91. The molecule has 5 heteroatoms. The van der Waals surface area contributed by atoms with E-state index in [0.29, 0.717) is 0 Å². The molecule has 1 unspecified atom stereocenters. The van der Waals surface area contributed by atoms with Crippen molar-refractivity contribution in [1.29, 1.82) is 0 Å². The van der Waals surface area contributed by atoms with Crippen LogP contribution in [-0.4, -0.2) is 12.1 Å². The van der Waals surface area contributed by atoms with Crippen LogP contribution in [0.4, 0.5) is 0 Å². The summed E-state index contributed by atoms with van der Waals surface area (Å²) in [6, 6.07) is 10.1. The van der Waals surface area contributed by atoms with E-state index in [9.17, 15) is 0 Å². The van der Waals surface area contributed by atoms with Gasteiger partial charge in [-0.15, -0.1) is 0 Å². The van der Waals surface area contributed by atoms with Gasteiger partial charge in [0.1, 0.15) is 5.75 Å². The van der Waals surface area contributed by atoms with Crippen LogP contribution in [0.1, 0.15) is 17.2 Å². The van der Waals surface area contributed by atoms with Crippen molar-refractivity contribution >= 4 is 15.9 Å². The molecule has 19 heavy (non-hydrogen) atoms. The summed E-state index contributed by atoms with van der Waals surface area (Å²) in [5.74, 6) is 6.38. The minimum absolute atomic E-state index is 0.00287. The number of methoxy groups -OCH3 is 1. The maximum Gasteiger partial charge on any atom is 0.137 e. The lowest BCUT2D eigenvalue weighted by Gasteiger charge is -2.16. The highest BCUT2D eigenvalue weighted by Crippen LogP contribution is 2.22. The van der Waals surface area contributed by atoms with Crippen LogP contribution in [0.25, 0.3) is 0 Å². The quantitative estimate of drug-likeness (QED) is 0.656. The summed E-state index contributed by atoms with van der Waals surface area (Å²) in [5.41, 5.74) is 5.02. The maximum atomic E-state index is 5.65. The number of halogens is 1. The molecule has 0 fully saturated rings. The Labute approximate surface area is 121 Å². The molecule has 0 radical (unpaired) electrons. The Bertz CT molecular complexity index is 548. The zero-order chi connectivity index (χ0) is 13.7. The lowest BCUT2D eigenvalue weighted by Crippen LogP contribution is -2.29. The van der Waals surface area contributed by atoms with Crippen molar-refractivity contribution < 1.29 is 4.74 Å². The van der Waals surface area contributed by atoms with Gasteiger partial charge < -0.3 is 4.74 Å². The van der Waals surface area contributed by atoms with Gasteiger partial charge in [0.15, 0.2) is 0 Å². The Morgan fingerprint density at radius 3 is 2.89 bits per heavy atom. The van der Waals surface area contributed by atoms with E-state index in [1.807, 2.05) is 18.2 Å². The minimum atomic E-state index is -0.00287. The summed E-state index contributed by atoms with van der Waals surface area (Å²) in [5, 5.41) is 0.